The third-order valence-corrected chi connectivity index (χ3v) is 0.703. The lowest BCUT2D eigenvalue weighted by Gasteiger charge is -1.87. The van der Waals surface area contributed by atoms with Gasteiger partial charge in [0.2, 0.25) is 0 Å². The first kappa shape index (κ1) is 6.54. The van der Waals surface area contributed by atoms with Crippen LogP contribution in [0.15, 0.2) is 17.6 Å². The highest BCUT2D eigenvalue weighted by Gasteiger charge is 1.82. The van der Waals surface area contributed by atoms with Crippen LogP contribution in [0.1, 0.15) is 6.92 Å². The van der Waals surface area contributed by atoms with Crippen molar-refractivity contribution in [1.82, 2.24) is 0 Å². The molecule has 0 aliphatic carbocycles. The topological polar surface area (TPSA) is 12.4 Å². The maximum absolute atomic E-state index is 4.33. The monoisotopic (exact) mass is 113 g/mol. The van der Waals surface area contributed by atoms with Crippen molar-refractivity contribution in [2.45, 2.75) is 13.0 Å². The molecule has 38 valence electrons. The highest BCUT2D eigenvalue weighted by molar-refractivity contribution is 7.78. The Morgan fingerprint density at radius 1 is 2.00 bits per heavy atom. The van der Waals surface area contributed by atoms with E-state index in [1.165, 1.54) is 0 Å². The number of aliphatic imine (C=N–C) groups is 1. The van der Waals surface area contributed by atoms with Crippen LogP contribution in [0.2, 0.25) is 0 Å². The van der Waals surface area contributed by atoms with Crippen LogP contribution in [0.25, 0.3) is 0 Å². The second kappa shape index (κ2) is 3.72. The molecule has 1 atom stereocenters. The summed E-state index contributed by atoms with van der Waals surface area (Å²) in [6.07, 6.45) is 1.71. The molecule has 0 aliphatic heterocycles. The normalized spacial score (nSPS) is 11.6. The lowest BCUT2D eigenvalue weighted by atomic mass is 10.4. The summed E-state index contributed by atoms with van der Waals surface area (Å²) in [7, 11) is 0. The Bertz CT molecular complexity index is 103. The number of hydrogen-bond donors (Lipinski definition) is 0. The van der Waals surface area contributed by atoms with Crippen LogP contribution >= 0.6 is 12.2 Å². The van der Waals surface area contributed by atoms with Gasteiger partial charge < -0.3 is 0 Å². The fraction of sp³-hybridized carbons (Fsp3) is 0.400. The molecule has 1 unspecified atom stereocenters. The molecule has 0 heterocycles. The Kier molecular flexibility index (Phi) is 3.48. The highest BCUT2D eigenvalue weighted by Crippen LogP contribution is 1.84. The van der Waals surface area contributed by atoms with E-state index >= 15 is 0 Å². The third-order valence-electron chi connectivity index (χ3n) is 0.597. The number of thiocarbonyl (C=S) groups is 1. The average Bonchev–Trinajstić information content (AvgIpc) is 1.68. The number of hydrogen-bond acceptors (Lipinski definition) is 2. The van der Waals surface area contributed by atoms with E-state index in [4.69, 9.17) is 0 Å². The molecule has 0 radical (unpaired) electrons. The van der Waals surface area contributed by atoms with Crippen molar-refractivity contribution < 1.29 is 0 Å². The lowest BCUT2D eigenvalue weighted by Crippen LogP contribution is -1.86. The molecule has 0 saturated heterocycles. The van der Waals surface area contributed by atoms with E-state index in [0.717, 1.165) is 0 Å². The molecule has 0 aliphatic rings. The minimum absolute atomic E-state index is 0.123. The first-order valence-electron chi connectivity index (χ1n) is 2.00. The number of rotatable bonds is 2. The quantitative estimate of drug-likeness (QED) is 0.301. The zero-order chi connectivity index (χ0) is 5.70. The lowest BCUT2D eigenvalue weighted by molar-refractivity contribution is 0.940. The SMILES string of the molecule is C=CC(C)N=C=S. The van der Waals surface area contributed by atoms with Crippen LogP contribution in [-0.4, -0.2) is 11.2 Å². The van der Waals surface area contributed by atoms with Crippen molar-refractivity contribution in [2.75, 3.05) is 0 Å². The second-order valence-electron chi connectivity index (χ2n) is 1.20. The summed E-state index contributed by atoms with van der Waals surface area (Å²) in [4.78, 5) is 3.69. The molecule has 0 bridgehead atoms. The van der Waals surface area contributed by atoms with Crippen molar-refractivity contribution in [2.24, 2.45) is 4.99 Å². The van der Waals surface area contributed by atoms with Gasteiger partial charge in [0.1, 0.15) is 0 Å². The minimum atomic E-state index is 0.123. The molecular formula is C5H7NS. The predicted molar refractivity (Wildman–Crippen MR) is 34.7 cm³/mol. The standard InChI is InChI=1S/C5H7NS/c1-3-5(2)6-4-7/h3,5H,1H2,2H3. The fourth-order valence-corrected chi connectivity index (χ4v) is 0.302. The maximum atomic E-state index is 4.33. The van der Waals surface area contributed by atoms with Crippen LogP contribution in [0.4, 0.5) is 0 Å². The Morgan fingerprint density at radius 3 is 2.71 bits per heavy atom. The van der Waals surface area contributed by atoms with E-state index in [0.29, 0.717) is 0 Å². The highest BCUT2D eigenvalue weighted by atomic mass is 32.1. The summed E-state index contributed by atoms with van der Waals surface area (Å²) < 4.78 is 0. The smallest absolute Gasteiger partial charge is 0.0752 e. The van der Waals surface area contributed by atoms with E-state index in [-0.39, 0.29) is 6.04 Å². The van der Waals surface area contributed by atoms with Crippen molar-refractivity contribution in [3.05, 3.63) is 12.7 Å². The van der Waals surface area contributed by atoms with Gasteiger partial charge >= 0.3 is 0 Å². The molecule has 0 aromatic carbocycles. The van der Waals surface area contributed by atoms with Gasteiger partial charge in [0.15, 0.2) is 0 Å². The minimum Gasteiger partial charge on any atom is -0.225 e. The van der Waals surface area contributed by atoms with E-state index < -0.39 is 0 Å². The third kappa shape index (κ3) is 3.37. The van der Waals surface area contributed by atoms with E-state index in [1.54, 1.807) is 6.08 Å². The van der Waals surface area contributed by atoms with Crippen molar-refractivity contribution in [3.8, 4) is 0 Å². The Hall–Kier alpha value is -0.460. The zero-order valence-corrected chi connectivity index (χ0v) is 5.03. The number of isothiocyanates is 1. The molecule has 0 fully saturated rings. The largest absolute Gasteiger partial charge is 0.225 e. The van der Waals surface area contributed by atoms with Crippen LogP contribution in [0.5, 0.6) is 0 Å². The van der Waals surface area contributed by atoms with E-state index in [9.17, 15) is 0 Å². The second-order valence-corrected chi connectivity index (χ2v) is 1.38. The zero-order valence-electron chi connectivity index (χ0n) is 4.22. The van der Waals surface area contributed by atoms with Crippen molar-refractivity contribution >= 4 is 17.4 Å². The summed E-state index contributed by atoms with van der Waals surface area (Å²) in [5.74, 6) is 0. The molecule has 0 aromatic rings. The molecule has 0 aromatic heterocycles. The van der Waals surface area contributed by atoms with Gasteiger partial charge in [-0.3, -0.25) is 0 Å². The fourth-order valence-electron chi connectivity index (χ4n) is 0.136. The molecule has 7 heavy (non-hydrogen) atoms. The molecule has 0 spiro atoms. The summed E-state index contributed by atoms with van der Waals surface area (Å²) in [5, 5.41) is 2.26. The molecule has 2 heteroatoms. The molecule has 0 saturated carbocycles. The van der Waals surface area contributed by atoms with Gasteiger partial charge in [-0.2, -0.15) is 0 Å². The summed E-state index contributed by atoms with van der Waals surface area (Å²) in [5.41, 5.74) is 0. The molecule has 0 N–H and O–H groups in total. The molecular weight excluding hydrogens is 106 g/mol. The molecule has 0 rings (SSSR count). The van der Waals surface area contributed by atoms with E-state index in [2.05, 4.69) is 29.0 Å². The van der Waals surface area contributed by atoms with Gasteiger partial charge in [0.25, 0.3) is 0 Å². The first-order valence-corrected chi connectivity index (χ1v) is 2.41. The van der Waals surface area contributed by atoms with Gasteiger partial charge in [-0.25, -0.2) is 4.99 Å². The van der Waals surface area contributed by atoms with Crippen LogP contribution < -0.4 is 0 Å². The van der Waals surface area contributed by atoms with Crippen LogP contribution in [0.3, 0.4) is 0 Å². The van der Waals surface area contributed by atoms with Gasteiger partial charge in [-0.05, 0) is 19.1 Å². The summed E-state index contributed by atoms with van der Waals surface area (Å²) >= 11 is 4.33. The van der Waals surface area contributed by atoms with Crippen LogP contribution in [-0.2, 0) is 0 Å². The number of nitrogens with zero attached hydrogens (tertiary/aromatic N) is 1. The van der Waals surface area contributed by atoms with Gasteiger partial charge in [0.05, 0.1) is 11.2 Å². The van der Waals surface area contributed by atoms with Crippen LogP contribution in [0, 0.1) is 0 Å². The molecule has 1 nitrogen and oxygen atoms in total. The average molecular weight is 113 g/mol. The van der Waals surface area contributed by atoms with Crippen molar-refractivity contribution in [1.29, 1.82) is 0 Å². The summed E-state index contributed by atoms with van der Waals surface area (Å²) in [6, 6.07) is 0.123. The first-order chi connectivity index (χ1) is 3.31. The Labute approximate surface area is 48.8 Å². The predicted octanol–water partition coefficient (Wildman–Crippen LogP) is 1.66. The molecule has 0 amide bonds. The van der Waals surface area contributed by atoms with Crippen molar-refractivity contribution in [3.63, 3.8) is 0 Å². The van der Waals surface area contributed by atoms with E-state index in [1.807, 2.05) is 6.92 Å². The van der Waals surface area contributed by atoms with Gasteiger partial charge in [-0.15, -0.1) is 6.58 Å². The Balaban J connectivity index is 3.56. The summed E-state index contributed by atoms with van der Waals surface area (Å²) in [6.45, 7) is 5.39. The maximum Gasteiger partial charge on any atom is 0.0752 e. The van der Waals surface area contributed by atoms with Gasteiger partial charge in [0, 0.05) is 0 Å². The Morgan fingerprint density at radius 2 is 2.57 bits per heavy atom. The van der Waals surface area contributed by atoms with Gasteiger partial charge in [-0.1, -0.05) is 6.08 Å².